The Labute approximate surface area is 167 Å². The van der Waals surface area contributed by atoms with Gasteiger partial charge in [-0.05, 0) is 48.0 Å². The lowest BCUT2D eigenvalue weighted by molar-refractivity contribution is -0.0498. The number of pyridine rings is 1. The van der Waals surface area contributed by atoms with E-state index in [-0.39, 0.29) is 11.7 Å². The van der Waals surface area contributed by atoms with Crippen molar-refractivity contribution in [3.05, 3.63) is 89.7 Å². The molecule has 0 aliphatic carbocycles. The minimum Gasteiger partial charge on any atom is -0.489 e. The number of ether oxygens (including phenoxy) is 2. The molecule has 5 nitrogen and oxygen atoms in total. The zero-order valence-corrected chi connectivity index (χ0v) is 15.8. The van der Waals surface area contributed by atoms with Crippen LogP contribution in [0.5, 0.6) is 11.5 Å². The smallest absolute Gasteiger partial charge is 0.387 e. The molecule has 1 heterocycles. The quantitative estimate of drug-likeness (QED) is 0.559. The van der Waals surface area contributed by atoms with E-state index in [1.807, 2.05) is 12.1 Å². The Morgan fingerprint density at radius 2 is 1.69 bits per heavy atom. The van der Waals surface area contributed by atoms with Gasteiger partial charge in [-0.15, -0.1) is 0 Å². The van der Waals surface area contributed by atoms with Gasteiger partial charge in [-0.2, -0.15) is 8.78 Å². The molecule has 0 atom stereocenters. The van der Waals surface area contributed by atoms with Crippen LogP contribution in [0.2, 0.25) is 0 Å². The van der Waals surface area contributed by atoms with Crippen molar-refractivity contribution in [3.8, 4) is 11.5 Å². The highest BCUT2D eigenvalue weighted by atomic mass is 19.3. The van der Waals surface area contributed by atoms with Gasteiger partial charge in [-0.1, -0.05) is 18.2 Å². The molecular weight excluding hydrogens is 378 g/mol. The van der Waals surface area contributed by atoms with E-state index in [4.69, 9.17) is 4.74 Å². The number of rotatable bonds is 8. The fourth-order valence-corrected chi connectivity index (χ4v) is 2.69. The molecule has 7 heteroatoms. The number of hydrogen-bond donors (Lipinski definition) is 0. The molecule has 0 radical (unpaired) electrons. The normalized spacial score (nSPS) is 10.6. The predicted molar refractivity (Wildman–Crippen MR) is 104 cm³/mol. The van der Waals surface area contributed by atoms with Crippen LogP contribution in [0, 0.1) is 0 Å². The number of alkyl halides is 2. The van der Waals surface area contributed by atoms with Crippen LogP contribution in [0.4, 0.5) is 8.78 Å². The lowest BCUT2D eigenvalue weighted by Crippen LogP contribution is -2.26. The molecule has 3 aromatic rings. The van der Waals surface area contributed by atoms with Crippen LogP contribution in [0.1, 0.15) is 21.5 Å². The molecule has 29 heavy (non-hydrogen) atoms. The molecule has 0 N–H and O–H groups in total. The van der Waals surface area contributed by atoms with E-state index in [1.54, 1.807) is 60.7 Å². The van der Waals surface area contributed by atoms with E-state index >= 15 is 0 Å². The van der Waals surface area contributed by atoms with Crippen LogP contribution < -0.4 is 9.47 Å². The molecule has 0 unspecified atom stereocenters. The zero-order chi connectivity index (χ0) is 20.6. The zero-order valence-electron chi connectivity index (χ0n) is 15.8. The maximum absolute atomic E-state index is 12.6. The third-order valence-corrected chi connectivity index (χ3v) is 4.14. The summed E-state index contributed by atoms with van der Waals surface area (Å²) in [5.74, 6) is 0.582. The van der Waals surface area contributed by atoms with Gasteiger partial charge < -0.3 is 14.4 Å². The van der Waals surface area contributed by atoms with Crippen molar-refractivity contribution in [2.24, 2.45) is 0 Å². The monoisotopic (exact) mass is 398 g/mol. The van der Waals surface area contributed by atoms with E-state index in [0.717, 1.165) is 11.1 Å². The summed E-state index contributed by atoms with van der Waals surface area (Å²) in [6.07, 6.45) is 3.44. The largest absolute Gasteiger partial charge is 0.489 e. The van der Waals surface area contributed by atoms with Crippen molar-refractivity contribution in [2.45, 2.75) is 19.8 Å². The van der Waals surface area contributed by atoms with Crippen molar-refractivity contribution in [3.63, 3.8) is 0 Å². The average Bonchev–Trinajstić information content (AvgIpc) is 2.74. The Balaban J connectivity index is 1.55. The van der Waals surface area contributed by atoms with Gasteiger partial charge in [0.25, 0.3) is 5.91 Å². The van der Waals surface area contributed by atoms with Gasteiger partial charge in [-0.3, -0.25) is 9.78 Å². The summed E-state index contributed by atoms with van der Waals surface area (Å²) in [6.45, 7) is -2.12. The van der Waals surface area contributed by atoms with Crippen LogP contribution >= 0.6 is 0 Å². The van der Waals surface area contributed by atoms with E-state index in [1.165, 1.54) is 12.1 Å². The fourth-order valence-electron chi connectivity index (χ4n) is 2.69. The molecule has 0 spiro atoms. The van der Waals surface area contributed by atoms with Crippen molar-refractivity contribution >= 4 is 5.91 Å². The second-order valence-electron chi connectivity index (χ2n) is 6.36. The number of halogens is 2. The molecule has 1 aromatic heterocycles. The number of carbonyl (C=O) groups is 1. The molecule has 0 fully saturated rings. The number of nitrogens with zero attached hydrogens (tertiary/aromatic N) is 2. The van der Waals surface area contributed by atoms with Gasteiger partial charge in [0, 0.05) is 37.1 Å². The molecule has 150 valence electrons. The Bertz CT molecular complexity index is 917. The Morgan fingerprint density at radius 1 is 1.00 bits per heavy atom. The topological polar surface area (TPSA) is 51.7 Å². The van der Waals surface area contributed by atoms with E-state index < -0.39 is 6.61 Å². The summed E-state index contributed by atoms with van der Waals surface area (Å²) in [6, 6.07) is 16.9. The Hall–Kier alpha value is -3.48. The van der Waals surface area contributed by atoms with Gasteiger partial charge in [0.1, 0.15) is 18.1 Å². The molecule has 3 rings (SSSR count). The number of benzene rings is 2. The molecule has 1 amide bonds. The summed E-state index contributed by atoms with van der Waals surface area (Å²) in [5, 5.41) is 0. The van der Waals surface area contributed by atoms with E-state index in [2.05, 4.69) is 9.72 Å². The van der Waals surface area contributed by atoms with Gasteiger partial charge >= 0.3 is 6.61 Å². The fraction of sp³-hybridized carbons (Fsp3) is 0.182. The minimum absolute atomic E-state index is 0.0830. The average molecular weight is 398 g/mol. The summed E-state index contributed by atoms with van der Waals surface area (Å²) in [7, 11) is 1.68. The lowest BCUT2D eigenvalue weighted by atomic mass is 10.1. The number of aromatic nitrogens is 1. The highest BCUT2D eigenvalue weighted by molar-refractivity contribution is 5.94. The van der Waals surface area contributed by atoms with Crippen molar-refractivity contribution < 1.29 is 23.0 Å². The molecule has 2 aromatic carbocycles. The standard InChI is InChI=1S/C22H20F2N2O3/c1-26(14-16-4-8-20(9-5-16)29-22(23)24)21(27)18-6-10-19(11-7-18)28-15-17-3-2-12-25-13-17/h2-13,22H,14-15H2,1H3. The van der Waals surface area contributed by atoms with Gasteiger partial charge in [0.2, 0.25) is 0 Å². The van der Waals surface area contributed by atoms with Gasteiger partial charge in [0.15, 0.2) is 0 Å². The molecule has 0 saturated heterocycles. The van der Waals surface area contributed by atoms with Gasteiger partial charge in [-0.25, -0.2) is 0 Å². The maximum atomic E-state index is 12.6. The summed E-state index contributed by atoms with van der Waals surface area (Å²) in [5.41, 5.74) is 2.29. The van der Waals surface area contributed by atoms with Crippen LogP contribution in [-0.4, -0.2) is 29.5 Å². The second-order valence-corrected chi connectivity index (χ2v) is 6.36. The van der Waals surface area contributed by atoms with Crippen molar-refractivity contribution in [1.29, 1.82) is 0 Å². The minimum atomic E-state index is -2.86. The van der Waals surface area contributed by atoms with Crippen LogP contribution in [0.15, 0.2) is 73.1 Å². The first-order valence-corrected chi connectivity index (χ1v) is 8.92. The van der Waals surface area contributed by atoms with E-state index in [0.29, 0.717) is 24.5 Å². The first-order chi connectivity index (χ1) is 14.0. The second kappa shape index (κ2) is 9.64. The SMILES string of the molecule is CN(Cc1ccc(OC(F)F)cc1)C(=O)c1ccc(OCc2cccnc2)cc1. The maximum Gasteiger partial charge on any atom is 0.387 e. The van der Waals surface area contributed by atoms with E-state index in [9.17, 15) is 13.6 Å². The summed E-state index contributed by atoms with van der Waals surface area (Å²) < 4.78 is 34.4. The molecular formula is C22H20F2N2O3. The highest BCUT2D eigenvalue weighted by Gasteiger charge is 2.13. The van der Waals surface area contributed by atoms with Crippen LogP contribution in [0.25, 0.3) is 0 Å². The molecule has 0 saturated carbocycles. The molecule has 0 bridgehead atoms. The third-order valence-electron chi connectivity index (χ3n) is 4.14. The summed E-state index contributed by atoms with van der Waals surface area (Å²) in [4.78, 5) is 18.2. The molecule has 0 aliphatic rings. The van der Waals surface area contributed by atoms with Crippen molar-refractivity contribution in [1.82, 2.24) is 9.88 Å². The number of hydrogen-bond acceptors (Lipinski definition) is 4. The Morgan fingerprint density at radius 3 is 2.31 bits per heavy atom. The third kappa shape index (κ3) is 6.00. The lowest BCUT2D eigenvalue weighted by Gasteiger charge is -2.18. The number of amides is 1. The molecule has 0 aliphatic heterocycles. The first kappa shape index (κ1) is 20.3. The summed E-state index contributed by atoms with van der Waals surface area (Å²) >= 11 is 0. The predicted octanol–water partition coefficient (Wildman–Crippen LogP) is 4.53. The van der Waals surface area contributed by atoms with Gasteiger partial charge in [0.05, 0.1) is 0 Å². The van der Waals surface area contributed by atoms with Crippen LogP contribution in [0.3, 0.4) is 0 Å². The first-order valence-electron chi connectivity index (χ1n) is 8.92. The Kier molecular flexibility index (Phi) is 6.73. The highest BCUT2D eigenvalue weighted by Crippen LogP contribution is 2.18. The number of carbonyl (C=O) groups excluding carboxylic acids is 1. The van der Waals surface area contributed by atoms with Crippen molar-refractivity contribution in [2.75, 3.05) is 7.05 Å². The van der Waals surface area contributed by atoms with Crippen LogP contribution in [-0.2, 0) is 13.2 Å².